The Hall–Kier alpha value is -1.40. The molecule has 0 aliphatic rings. The van der Waals surface area contributed by atoms with Gasteiger partial charge in [0.2, 0.25) is 0 Å². The average molecular weight is 225 g/mol. The monoisotopic (exact) mass is 225 g/mol. The fraction of sp³-hybridized carbons (Fsp3) is 0.462. The maximum atomic E-state index is 12.9. The van der Waals surface area contributed by atoms with Gasteiger partial charge < -0.3 is 4.74 Å². The van der Waals surface area contributed by atoms with E-state index in [0.29, 0.717) is 11.1 Å². The smallest absolute Gasteiger partial charge is 0.128 e. The zero-order valence-electron chi connectivity index (χ0n) is 10.7. The number of hydrogen-bond donors (Lipinski definition) is 0. The molecule has 0 saturated heterocycles. The Labute approximate surface area is 97.7 Å². The van der Waals surface area contributed by atoms with Crippen molar-refractivity contribution >= 4 is 0 Å². The number of nitrogens with zero attached hydrogens (tertiary/aromatic N) is 1. The van der Waals surface area contributed by atoms with Gasteiger partial charge in [-0.15, -0.1) is 0 Å². The molecule has 1 rings (SSSR count). The molecule has 1 aromatic carbocycles. The maximum Gasteiger partial charge on any atom is 0.128 e. The highest BCUT2D eigenvalue weighted by Gasteiger charge is 2.01. The van der Waals surface area contributed by atoms with Crippen LogP contribution in [-0.4, -0.2) is 7.11 Å². The van der Waals surface area contributed by atoms with Crippen LogP contribution in [0.25, 0.3) is 0 Å². The van der Waals surface area contributed by atoms with Crippen LogP contribution in [0.3, 0.4) is 0 Å². The maximum absolute atomic E-state index is 12.9. The molecule has 0 aliphatic heterocycles. The first-order valence-corrected chi connectivity index (χ1v) is 5.45. The molecule has 90 valence electrons. The highest BCUT2D eigenvalue weighted by Crippen LogP contribution is 2.10. The third-order valence-corrected chi connectivity index (χ3v) is 1.47. The van der Waals surface area contributed by atoms with Crippen LogP contribution < -0.4 is 0 Å². The summed E-state index contributed by atoms with van der Waals surface area (Å²) >= 11 is 0. The molecule has 0 unspecified atom stereocenters. The summed E-state index contributed by atoms with van der Waals surface area (Å²) in [5.41, 5.74) is 0.861. The predicted octanol–water partition coefficient (Wildman–Crippen LogP) is 3.90. The van der Waals surface area contributed by atoms with Gasteiger partial charge in [-0.05, 0) is 18.2 Å². The Balaban J connectivity index is 0. The van der Waals surface area contributed by atoms with Gasteiger partial charge in [-0.3, -0.25) is 0 Å². The van der Waals surface area contributed by atoms with E-state index in [1.165, 1.54) is 25.3 Å². The second kappa shape index (κ2) is 11.7. The van der Waals surface area contributed by atoms with Crippen LogP contribution in [0.4, 0.5) is 4.39 Å². The van der Waals surface area contributed by atoms with E-state index in [9.17, 15) is 4.39 Å². The molecule has 0 amide bonds. The SMILES string of the molecule is CC.CC.COCc1cc(C#N)ccc1F. The third kappa shape index (κ3) is 6.15. The Bertz CT molecular complexity index is 318. The van der Waals surface area contributed by atoms with Crippen LogP contribution in [0.5, 0.6) is 0 Å². The van der Waals surface area contributed by atoms with Crippen molar-refractivity contribution in [2.75, 3.05) is 7.11 Å². The lowest BCUT2D eigenvalue weighted by atomic mass is 10.1. The van der Waals surface area contributed by atoms with E-state index >= 15 is 0 Å². The van der Waals surface area contributed by atoms with E-state index in [4.69, 9.17) is 10.00 Å². The Morgan fingerprint density at radius 3 is 2.25 bits per heavy atom. The van der Waals surface area contributed by atoms with E-state index in [1.807, 2.05) is 33.8 Å². The molecule has 0 heterocycles. The first-order chi connectivity index (χ1) is 7.77. The van der Waals surface area contributed by atoms with Gasteiger partial charge in [-0.1, -0.05) is 27.7 Å². The summed E-state index contributed by atoms with van der Waals surface area (Å²) in [6.45, 7) is 8.20. The van der Waals surface area contributed by atoms with Gasteiger partial charge in [0.1, 0.15) is 5.82 Å². The number of methoxy groups -OCH3 is 1. The van der Waals surface area contributed by atoms with E-state index < -0.39 is 0 Å². The highest BCUT2D eigenvalue weighted by molar-refractivity contribution is 5.33. The molecule has 1 aromatic rings. The third-order valence-electron chi connectivity index (χ3n) is 1.47. The molecular formula is C13H20FNO. The number of benzene rings is 1. The van der Waals surface area contributed by atoms with Crippen molar-refractivity contribution in [3.05, 3.63) is 35.1 Å². The van der Waals surface area contributed by atoms with E-state index in [-0.39, 0.29) is 12.4 Å². The van der Waals surface area contributed by atoms with Crippen molar-refractivity contribution in [2.24, 2.45) is 0 Å². The number of nitriles is 1. The quantitative estimate of drug-likeness (QED) is 0.764. The lowest BCUT2D eigenvalue weighted by molar-refractivity contribution is 0.181. The zero-order chi connectivity index (χ0) is 13.0. The molecule has 0 saturated carbocycles. The Morgan fingerprint density at radius 2 is 1.81 bits per heavy atom. The van der Waals surface area contributed by atoms with Gasteiger partial charge in [0.25, 0.3) is 0 Å². The van der Waals surface area contributed by atoms with Crippen molar-refractivity contribution in [1.29, 1.82) is 5.26 Å². The van der Waals surface area contributed by atoms with Crippen LogP contribution in [0.1, 0.15) is 38.8 Å². The Kier molecular flexibility index (Phi) is 12.4. The highest BCUT2D eigenvalue weighted by atomic mass is 19.1. The number of hydrogen-bond acceptors (Lipinski definition) is 2. The minimum atomic E-state index is -0.337. The minimum Gasteiger partial charge on any atom is -0.380 e. The van der Waals surface area contributed by atoms with Gasteiger partial charge in [0.15, 0.2) is 0 Å². The normalized spacial score (nSPS) is 7.81. The van der Waals surface area contributed by atoms with E-state index in [0.717, 1.165) is 0 Å². The lowest BCUT2D eigenvalue weighted by Gasteiger charge is -2.00. The van der Waals surface area contributed by atoms with Crippen LogP contribution in [-0.2, 0) is 11.3 Å². The zero-order valence-corrected chi connectivity index (χ0v) is 10.7. The molecule has 0 fully saturated rings. The largest absolute Gasteiger partial charge is 0.380 e. The summed E-state index contributed by atoms with van der Waals surface area (Å²) < 4.78 is 17.7. The van der Waals surface area contributed by atoms with Crippen molar-refractivity contribution in [2.45, 2.75) is 34.3 Å². The number of ether oxygens (including phenoxy) is 1. The topological polar surface area (TPSA) is 33.0 Å². The number of halogens is 1. The molecule has 3 heteroatoms. The fourth-order valence-corrected chi connectivity index (χ4v) is 0.910. The van der Waals surface area contributed by atoms with Crippen molar-refractivity contribution in [1.82, 2.24) is 0 Å². The fourth-order valence-electron chi connectivity index (χ4n) is 0.910. The number of rotatable bonds is 2. The lowest BCUT2D eigenvalue weighted by Crippen LogP contribution is -1.93. The summed E-state index contributed by atoms with van der Waals surface area (Å²) in [5, 5.41) is 8.51. The van der Waals surface area contributed by atoms with Crippen LogP contribution >= 0.6 is 0 Å². The second-order valence-electron chi connectivity index (χ2n) is 2.35. The van der Waals surface area contributed by atoms with Crippen LogP contribution in [0, 0.1) is 17.1 Å². The summed E-state index contributed by atoms with van der Waals surface area (Å²) in [6.07, 6.45) is 0. The van der Waals surface area contributed by atoms with E-state index in [2.05, 4.69) is 0 Å². The molecule has 2 nitrogen and oxygen atoms in total. The van der Waals surface area contributed by atoms with Crippen molar-refractivity contribution in [3.63, 3.8) is 0 Å². The molecule has 0 radical (unpaired) electrons. The molecule has 0 spiro atoms. The molecule has 0 atom stereocenters. The molecule has 16 heavy (non-hydrogen) atoms. The Morgan fingerprint density at radius 1 is 1.25 bits per heavy atom. The average Bonchev–Trinajstić information content (AvgIpc) is 2.37. The molecule has 0 bridgehead atoms. The summed E-state index contributed by atoms with van der Waals surface area (Å²) in [7, 11) is 1.48. The first-order valence-electron chi connectivity index (χ1n) is 5.45. The van der Waals surface area contributed by atoms with Gasteiger partial charge in [0, 0.05) is 12.7 Å². The summed E-state index contributed by atoms with van der Waals surface area (Å²) in [6, 6.07) is 6.13. The predicted molar refractivity (Wildman–Crippen MR) is 64.5 cm³/mol. The molecule has 0 aromatic heterocycles. The standard InChI is InChI=1S/C9H8FNO.2C2H6/c1-12-6-8-4-7(5-11)2-3-9(8)10;2*1-2/h2-4H,6H2,1H3;2*1-2H3. The van der Waals surface area contributed by atoms with Crippen LogP contribution in [0.15, 0.2) is 18.2 Å². The summed E-state index contributed by atoms with van der Waals surface area (Å²) in [4.78, 5) is 0. The molecule has 0 aliphatic carbocycles. The van der Waals surface area contributed by atoms with Gasteiger partial charge >= 0.3 is 0 Å². The van der Waals surface area contributed by atoms with Gasteiger partial charge in [-0.25, -0.2) is 4.39 Å². The van der Waals surface area contributed by atoms with Crippen molar-refractivity contribution < 1.29 is 9.13 Å². The summed E-state index contributed by atoms with van der Waals surface area (Å²) in [5.74, 6) is -0.337. The van der Waals surface area contributed by atoms with E-state index in [1.54, 1.807) is 0 Å². The molecular weight excluding hydrogens is 205 g/mol. The van der Waals surface area contributed by atoms with Gasteiger partial charge in [0.05, 0.1) is 18.2 Å². The van der Waals surface area contributed by atoms with Gasteiger partial charge in [-0.2, -0.15) is 5.26 Å². The second-order valence-corrected chi connectivity index (χ2v) is 2.35. The minimum absolute atomic E-state index is 0.196. The first kappa shape index (κ1) is 17.0. The van der Waals surface area contributed by atoms with Crippen LogP contribution in [0.2, 0.25) is 0 Å². The molecule has 0 N–H and O–H groups in total. The van der Waals surface area contributed by atoms with Crippen molar-refractivity contribution in [3.8, 4) is 6.07 Å².